The number of hydrogen-bond acceptors (Lipinski definition) is 5. The Morgan fingerprint density at radius 3 is 2.30 bits per heavy atom. The molecule has 0 aromatic rings. The van der Waals surface area contributed by atoms with Crippen LogP contribution in [0.1, 0.15) is 33.6 Å². The summed E-state index contributed by atoms with van der Waals surface area (Å²) in [6, 6.07) is 0. The first-order valence-corrected chi connectivity index (χ1v) is 8.55. The van der Waals surface area contributed by atoms with Gasteiger partial charge in [-0.2, -0.15) is 0 Å². The Morgan fingerprint density at radius 1 is 1.30 bits per heavy atom. The number of aliphatic carboxylic acids is 1. The highest BCUT2D eigenvalue weighted by molar-refractivity contribution is 7.92. The predicted octanol–water partition coefficient (Wildman–Crippen LogP) is 0.765. The molecule has 0 amide bonds. The lowest BCUT2D eigenvalue weighted by Crippen LogP contribution is -2.42. The van der Waals surface area contributed by atoms with Gasteiger partial charge in [-0.3, -0.25) is 0 Å². The van der Waals surface area contributed by atoms with Crippen LogP contribution in [0.3, 0.4) is 0 Å². The molecule has 1 aliphatic rings. The van der Waals surface area contributed by atoms with Crippen molar-refractivity contribution in [3.05, 3.63) is 0 Å². The Kier molecular flexibility index (Phi) is 5.97. The van der Waals surface area contributed by atoms with E-state index in [0.29, 0.717) is 6.54 Å². The van der Waals surface area contributed by atoms with Gasteiger partial charge in [-0.1, -0.05) is 0 Å². The number of nitrogens with zero attached hydrogens (tertiary/aromatic N) is 1. The lowest BCUT2D eigenvalue weighted by atomic mass is 10.1. The minimum absolute atomic E-state index is 0.0263. The maximum atomic E-state index is 12.0. The van der Waals surface area contributed by atoms with Crippen molar-refractivity contribution in [1.29, 1.82) is 0 Å². The molecule has 0 bridgehead atoms. The summed E-state index contributed by atoms with van der Waals surface area (Å²) in [6.45, 7) is 6.93. The highest BCUT2D eigenvalue weighted by atomic mass is 32.2. The molecule has 0 spiro atoms. The van der Waals surface area contributed by atoms with Crippen molar-refractivity contribution in [2.45, 2.75) is 44.5 Å². The summed E-state index contributed by atoms with van der Waals surface area (Å²) in [5.41, 5.74) is 0. The maximum Gasteiger partial charge on any atom is 0.329 e. The lowest BCUT2D eigenvalue weighted by molar-refractivity contribution is -0.145. The van der Waals surface area contributed by atoms with E-state index in [1.165, 1.54) is 0 Å². The summed E-state index contributed by atoms with van der Waals surface area (Å²) >= 11 is 0. The van der Waals surface area contributed by atoms with Gasteiger partial charge >= 0.3 is 5.97 Å². The molecule has 0 radical (unpaired) electrons. The van der Waals surface area contributed by atoms with Gasteiger partial charge in [-0.15, -0.1) is 0 Å². The van der Waals surface area contributed by atoms with E-state index in [1.54, 1.807) is 20.8 Å². The molecular weight excluding hydrogens is 282 g/mol. The highest BCUT2D eigenvalue weighted by Crippen LogP contribution is 2.18. The smallest absolute Gasteiger partial charge is 0.329 e. The molecule has 0 unspecified atom stereocenters. The number of hydrogen-bond donors (Lipinski definition) is 1. The fourth-order valence-electron chi connectivity index (χ4n) is 2.04. The van der Waals surface area contributed by atoms with E-state index >= 15 is 0 Å². The van der Waals surface area contributed by atoms with Crippen molar-refractivity contribution >= 4 is 15.8 Å². The molecule has 0 atom stereocenters. The van der Waals surface area contributed by atoms with Crippen LogP contribution in [-0.4, -0.2) is 67.2 Å². The number of rotatable bonds is 6. The Balaban J connectivity index is 2.31. The molecule has 1 rings (SSSR count). The second-order valence-electron chi connectivity index (χ2n) is 6.18. The molecule has 0 aromatic heterocycles. The molecule has 1 heterocycles. The van der Waals surface area contributed by atoms with E-state index in [0.717, 1.165) is 25.9 Å². The molecule has 1 saturated heterocycles. The maximum absolute atomic E-state index is 12.0. The normalized spacial score (nSPS) is 19.1. The summed E-state index contributed by atoms with van der Waals surface area (Å²) in [5.74, 6) is -0.791. The van der Waals surface area contributed by atoms with Crippen LogP contribution in [0.2, 0.25) is 0 Å². The fraction of sp³-hybridized carbons (Fsp3) is 0.923. The number of carbonyl (C=O) groups is 1. The van der Waals surface area contributed by atoms with E-state index in [4.69, 9.17) is 9.84 Å². The van der Waals surface area contributed by atoms with Crippen LogP contribution in [-0.2, 0) is 19.4 Å². The fourth-order valence-corrected chi connectivity index (χ4v) is 3.16. The van der Waals surface area contributed by atoms with Crippen molar-refractivity contribution in [2.75, 3.05) is 32.0 Å². The number of sulfone groups is 1. The Morgan fingerprint density at radius 2 is 1.85 bits per heavy atom. The van der Waals surface area contributed by atoms with Gasteiger partial charge in [0.15, 0.2) is 9.84 Å². The molecule has 0 saturated carbocycles. The van der Waals surface area contributed by atoms with Gasteiger partial charge in [-0.05, 0) is 33.6 Å². The first-order chi connectivity index (χ1) is 9.12. The number of likely N-dealkylation sites (tertiary alicyclic amines) is 1. The zero-order valence-corrected chi connectivity index (χ0v) is 13.3. The van der Waals surface area contributed by atoms with Gasteiger partial charge in [-0.25, -0.2) is 13.2 Å². The van der Waals surface area contributed by atoms with Crippen molar-refractivity contribution in [3.63, 3.8) is 0 Å². The number of carboxylic acids is 1. The predicted molar refractivity (Wildman–Crippen MR) is 76.6 cm³/mol. The van der Waals surface area contributed by atoms with Crippen LogP contribution < -0.4 is 0 Å². The quantitative estimate of drug-likeness (QED) is 0.780. The molecular formula is C13H25NO5S. The largest absolute Gasteiger partial charge is 0.480 e. The molecule has 0 aromatic carbocycles. The molecule has 1 N–H and O–H groups in total. The van der Waals surface area contributed by atoms with Crippen molar-refractivity contribution in [3.8, 4) is 0 Å². The average molecular weight is 307 g/mol. The summed E-state index contributed by atoms with van der Waals surface area (Å²) < 4.78 is 28.6. The van der Waals surface area contributed by atoms with Gasteiger partial charge in [0.2, 0.25) is 0 Å². The summed E-state index contributed by atoms with van der Waals surface area (Å²) in [7, 11) is -3.08. The summed E-state index contributed by atoms with van der Waals surface area (Å²) in [6.07, 6.45) is 1.48. The van der Waals surface area contributed by atoms with Gasteiger partial charge in [0.1, 0.15) is 6.61 Å². The molecule has 7 heteroatoms. The number of carboxylic acid groups (broad SMARTS) is 1. The van der Waals surface area contributed by atoms with Crippen molar-refractivity contribution in [1.82, 2.24) is 4.90 Å². The molecule has 0 aliphatic carbocycles. The second-order valence-corrected chi connectivity index (χ2v) is 9.04. The molecule has 1 aliphatic heterocycles. The monoisotopic (exact) mass is 307 g/mol. The zero-order valence-electron chi connectivity index (χ0n) is 12.5. The van der Waals surface area contributed by atoms with E-state index in [1.807, 2.05) is 0 Å². The third kappa shape index (κ3) is 5.38. The Hall–Kier alpha value is -0.660. The molecule has 20 heavy (non-hydrogen) atoms. The first kappa shape index (κ1) is 17.4. The summed E-state index contributed by atoms with van der Waals surface area (Å²) in [4.78, 5) is 12.5. The SMILES string of the molecule is CC(C)(C)S(=O)(=O)CCN1CCC(OCC(=O)O)CC1. The van der Waals surface area contributed by atoms with Crippen LogP contribution in [0, 0.1) is 0 Å². The van der Waals surface area contributed by atoms with Crippen molar-refractivity contribution in [2.24, 2.45) is 0 Å². The van der Waals surface area contributed by atoms with Crippen molar-refractivity contribution < 1.29 is 23.1 Å². The van der Waals surface area contributed by atoms with Crippen LogP contribution in [0.15, 0.2) is 0 Å². The minimum Gasteiger partial charge on any atom is -0.480 e. The topological polar surface area (TPSA) is 83.9 Å². The number of ether oxygens (including phenoxy) is 1. The van der Waals surface area contributed by atoms with E-state index in [9.17, 15) is 13.2 Å². The highest BCUT2D eigenvalue weighted by Gasteiger charge is 2.30. The first-order valence-electron chi connectivity index (χ1n) is 6.90. The third-order valence-corrected chi connectivity index (χ3v) is 6.17. The summed E-state index contributed by atoms with van der Waals surface area (Å²) in [5, 5.41) is 8.54. The standard InChI is InChI=1S/C13H25NO5S/c1-13(2,3)20(17,18)9-8-14-6-4-11(5-7-14)19-10-12(15)16/h11H,4-10H2,1-3H3,(H,15,16). The molecule has 118 valence electrons. The molecule has 1 fully saturated rings. The van der Waals surface area contributed by atoms with Gasteiger partial charge in [0, 0.05) is 19.6 Å². The van der Waals surface area contributed by atoms with Gasteiger partial charge < -0.3 is 14.7 Å². The van der Waals surface area contributed by atoms with Crippen LogP contribution in [0.5, 0.6) is 0 Å². The second kappa shape index (κ2) is 6.87. The van der Waals surface area contributed by atoms with Crippen LogP contribution >= 0.6 is 0 Å². The van der Waals surface area contributed by atoms with Crippen LogP contribution in [0.4, 0.5) is 0 Å². The Labute approximate surface area is 121 Å². The average Bonchev–Trinajstić information content (AvgIpc) is 2.34. The number of piperidine rings is 1. The Bertz CT molecular complexity index is 419. The lowest BCUT2D eigenvalue weighted by Gasteiger charge is -2.32. The third-order valence-electron chi connectivity index (χ3n) is 3.59. The van der Waals surface area contributed by atoms with Crippen LogP contribution in [0.25, 0.3) is 0 Å². The van der Waals surface area contributed by atoms with E-state index in [2.05, 4.69) is 4.90 Å². The van der Waals surface area contributed by atoms with Gasteiger partial charge in [0.25, 0.3) is 0 Å². The molecule has 6 nitrogen and oxygen atoms in total. The van der Waals surface area contributed by atoms with E-state index < -0.39 is 20.6 Å². The minimum atomic E-state index is -3.08. The van der Waals surface area contributed by atoms with E-state index in [-0.39, 0.29) is 18.5 Å². The zero-order chi connectivity index (χ0) is 15.4. The van der Waals surface area contributed by atoms with Gasteiger partial charge in [0.05, 0.1) is 16.6 Å².